The van der Waals surface area contributed by atoms with Crippen molar-refractivity contribution in [2.75, 3.05) is 6.54 Å². The lowest BCUT2D eigenvalue weighted by Gasteiger charge is -2.34. The average molecular weight is 212 g/mol. The highest BCUT2D eigenvalue weighted by Crippen LogP contribution is 2.26. The summed E-state index contributed by atoms with van der Waals surface area (Å²) in [5.74, 6) is 0.249. The second-order valence-electron chi connectivity index (χ2n) is 4.54. The van der Waals surface area contributed by atoms with E-state index >= 15 is 0 Å². The number of hydrogen-bond donors (Lipinski definition) is 1. The van der Waals surface area contributed by atoms with Crippen LogP contribution in [0.5, 0.6) is 0 Å². The molecule has 3 heteroatoms. The molecule has 2 N–H and O–H groups in total. The third kappa shape index (κ3) is 3.20. The van der Waals surface area contributed by atoms with Gasteiger partial charge in [-0.15, -0.1) is 0 Å². The SMILES string of the molecule is CC[C@H](C)N(C(=O)CCN)C1CCCC1. The fourth-order valence-corrected chi connectivity index (χ4v) is 2.44. The van der Waals surface area contributed by atoms with E-state index in [1.54, 1.807) is 0 Å². The van der Waals surface area contributed by atoms with Gasteiger partial charge in [0.2, 0.25) is 5.91 Å². The van der Waals surface area contributed by atoms with Gasteiger partial charge in [0.15, 0.2) is 0 Å². The number of carbonyl (C=O) groups is 1. The third-order valence-electron chi connectivity index (χ3n) is 3.43. The Balaban J connectivity index is 2.63. The molecule has 3 nitrogen and oxygen atoms in total. The fraction of sp³-hybridized carbons (Fsp3) is 0.917. The molecular formula is C12H24N2O. The number of rotatable bonds is 5. The van der Waals surface area contributed by atoms with E-state index in [0.717, 1.165) is 6.42 Å². The summed E-state index contributed by atoms with van der Waals surface area (Å²) in [7, 11) is 0. The highest BCUT2D eigenvalue weighted by Gasteiger charge is 2.28. The van der Waals surface area contributed by atoms with Crippen molar-refractivity contribution in [3.63, 3.8) is 0 Å². The van der Waals surface area contributed by atoms with Crippen molar-refractivity contribution in [3.05, 3.63) is 0 Å². The van der Waals surface area contributed by atoms with Crippen LogP contribution in [0.3, 0.4) is 0 Å². The average Bonchev–Trinajstić information content (AvgIpc) is 2.71. The minimum Gasteiger partial charge on any atom is -0.337 e. The summed E-state index contributed by atoms with van der Waals surface area (Å²) in [5.41, 5.74) is 5.46. The van der Waals surface area contributed by atoms with Gasteiger partial charge in [0.1, 0.15) is 0 Å². The Kier molecular flexibility index (Phi) is 5.09. The minimum atomic E-state index is 0.249. The smallest absolute Gasteiger partial charge is 0.224 e. The molecule has 1 atom stereocenters. The first-order valence-corrected chi connectivity index (χ1v) is 6.22. The van der Waals surface area contributed by atoms with E-state index in [1.807, 2.05) is 0 Å². The van der Waals surface area contributed by atoms with Crippen molar-refractivity contribution in [1.29, 1.82) is 0 Å². The molecule has 0 saturated heterocycles. The molecule has 15 heavy (non-hydrogen) atoms. The van der Waals surface area contributed by atoms with Crippen LogP contribution in [-0.2, 0) is 4.79 Å². The Morgan fingerprint density at radius 3 is 2.53 bits per heavy atom. The van der Waals surface area contributed by atoms with E-state index in [-0.39, 0.29) is 5.91 Å². The standard InChI is InChI=1S/C12H24N2O/c1-3-10(2)14(12(15)8-9-13)11-6-4-5-7-11/h10-11H,3-9,13H2,1-2H3/t10-/m0/s1. The largest absolute Gasteiger partial charge is 0.337 e. The summed E-state index contributed by atoms with van der Waals surface area (Å²) >= 11 is 0. The summed E-state index contributed by atoms with van der Waals surface area (Å²) < 4.78 is 0. The Morgan fingerprint density at radius 1 is 1.47 bits per heavy atom. The van der Waals surface area contributed by atoms with Crippen LogP contribution in [-0.4, -0.2) is 29.4 Å². The molecule has 1 fully saturated rings. The lowest BCUT2D eigenvalue weighted by atomic mass is 10.1. The summed E-state index contributed by atoms with van der Waals surface area (Å²) in [6.45, 7) is 4.76. The van der Waals surface area contributed by atoms with Gasteiger partial charge in [-0.05, 0) is 26.2 Å². The maximum absolute atomic E-state index is 12.0. The molecule has 0 radical (unpaired) electrons. The van der Waals surface area contributed by atoms with E-state index in [9.17, 15) is 4.79 Å². The first kappa shape index (κ1) is 12.5. The molecular weight excluding hydrogens is 188 g/mol. The molecule has 0 spiro atoms. The quantitative estimate of drug-likeness (QED) is 0.756. The molecule has 0 unspecified atom stereocenters. The molecule has 0 heterocycles. The molecule has 0 aromatic heterocycles. The topological polar surface area (TPSA) is 46.3 Å². The maximum atomic E-state index is 12.0. The van der Waals surface area contributed by atoms with Gasteiger partial charge >= 0.3 is 0 Å². The second-order valence-corrected chi connectivity index (χ2v) is 4.54. The van der Waals surface area contributed by atoms with Gasteiger partial charge in [-0.2, -0.15) is 0 Å². The van der Waals surface area contributed by atoms with Crippen LogP contribution < -0.4 is 5.73 Å². The Morgan fingerprint density at radius 2 is 2.07 bits per heavy atom. The number of carbonyl (C=O) groups excluding carboxylic acids is 1. The normalized spacial score (nSPS) is 19.1. The Labute approximate surface area is 93.0 Å². The maximum Gasteiger partial charge on any atom is 0.224 e. The van der Waals surface area contributed by atoms with E-state index in [0.29, 0.717) is 25.0 Å². The Hall–Kier alpha value is -0.570. The predicted octanol–water partition coefficient (Wildman–Crippen LogP) is 1.90. The molecule has 1 saturated carbocycles. The number of nitrogens with two attached hydrogens (primary N) is 1. The second kappa shape index (κ2) is 6.11. The first-order valence-electron chi connectivity index (χ1n) is 6.22. The van der Waals surface area contributed by atoms with Gasteiger partial charge in [0.25, 0.3) is 0 Å². The molecule has 1 rings (SSSR count). The Bertz CT molecular complexity index is 200. The van der Waals surface area contributed by atoms with Crippen molar-refractivity contribution >= 4 is 5.91 Å². The predicted molar refractivity (Wildman–Crippen MR) is 62.5 cm³/mol. The van der Waals surface area contributed by atoms with Crippen LogP contribution in [0, 0.1) is 0 Å². The molecule has 0 aromatic rings. The van der Waals surface area contributed by atoms with Crippen molar-refractivity contribution in [2.45, 2.75) is 64.5 Å². The summed E-state index contributed by atoms with van der Waals surface area (Å²) in [6.07, 6.45) is 6.44. The lowest BCUT2D eigenvalue weighted by Crippen LogP contribution is -2.45. The zero-order valence-corrected chi connectivity index (χ0v) is 10.0. The van der Waals surface area contributed by atoms with Gasteiger partial charge in [-0.1, -0.05) is 19.8 Å². The van der Waals surface area contributed by atoms with Gasteiger partial charge in [0.05, 0.1) is 0 Å². The van der Waals surface area contributed by atoms with Crippen molar-refractivity contribution in [2.24, 2.45) is 5.73 Å². The van der Waals surface area contributed by atoms with Crippen molar-refractivity contribution < 1.29 is 4.79 Å². The minimum absolute atomic E-state index is 0.249. The molecule has 1 aliphatic carbocycles. The van der Waals surface area contributed by atoms with Crippen LogP contribution in [0.25, 0.3) is 0 Å². The lowest BCUT2D eigenvalue weighted by molar-refractivity contribution is -0.135. The van der Waals surface area contributed by atoms with E-state index in [2.05, 4.69) is 18.7 Å². The van der Waals surface area contributed by atoms with E-state index in [1.165, 1.54) is 25.7 Å². The summed E-state index contributed by atoms with van der Waals surface area (Å²) in [4.78, 5) is 14.1. The summed E-state index contributed by atoms with van der Waals surface area (Å²) in [5, 5.41) is 0. The highest BCUT2D eigenvalue weighted by molar-refractivity contribution is 5.77. The molecule has 0 aromatic carbocycles. The van der Waals surface area contributed by atoms with Crippen LogP contribution >= 0.6 is 0 Å². The molecule has 1 aliphatic rings. The third-order valence-corrected chi connectivity index (χ3v) is 3.43. The number of amides is 1. The van der Waals surface area contributed by atoms with Gasteiger partial charge in [-0.25, -0.2) is 0 Å². The highest BCUT2D eigenvalue weighted by atomic mass is 16.2. The van der Waals surface area contributed by atoms with E-state index < -0.39 is 0 Å². The summed E-state index contributed by atoms with van der Waals surface area (Å²) in [6, 6.07) is 0.853. The van der Waals surface area contributed by atoms with Gasteiger partial charge in [-0.3, -0.25) is 4.79 Å². The molecule has 0 bridgehead atoms. The van der Waals surface area contributed by atoms with Crippen LogP contribution in [0.1, 0.15) is 52.4 Å². The van der Waals surface area contributed by atoms with Crippen molar-refractivity contribution in [1.82, 2.24) is 4.90 Å². The first-order chi connectivity index (χ1) is 7.20. The van der Waals surface area contributed by atoms with Crippen LogP contribution in [0.4, 0.5) is 0 Å². The monoisotopic (exact) mass is 212 g/mol. The van der Waals surface area contributed by atoms with Gasteiger partial charge in [0, 0.05) is 25.0 Å². The molecule has 88 valence electrons. The molecule has 0 aliphatic heterocycles. The number of hydrogen-bond acceptors (Lipinski definition) is 2. The van der Waals surface area contributed by atoms with Crippen LogP contribution in [0.15, 0.2) is 0 Å². The van der Waals surface area contributed by atoms with Crippen molar-refractivity contribution in [3.8, 4) is 0 Å². The number of nitrogens with zero attached hydrogens (tertiary/aromatic N) is 1. The van der Waals surface area contributed by atoms with E-state index in [4.69, 9.17) is 5.73 Å². The molecule has 1 amide bonds. The zero-order chi connectivity index (χ0) is 11.3. The fourth-order valence-electron chi connectivity index (χ4n) is 2.44. The zero-order valence-electron chi connectivity index (χ0n) is 10.0. The van der Waals surface area contributed by atoms with Crippen LogP contribution in [0.2, 0.25) is 0 Å². The van der Waals surface area contributed by atoms with Gasteiger partial charge < -0.3 is 10.6 Å².